The van der Waals surface area contributed by atoms with Crippen molar-refractivity contribution in [2.75, 3.05) is 0 Å². The molecule has 0 fully saturated rings. The van der Waals surface area contributed by atoms with Crippen LogP contribution in [0.1, 0.15) is 29.2 Å². The van der Waals surface area contributed by atoms with Gasteiger partial charge in [-0.05, 0) is 30.7 Å². The standard InChI is InChI=1S/C17H13F6NO/c1-11(24-25-10-12-5-3-2-4-6-12)13-7-14(16(18,19)20)9-15(8-13)17(21,22)23/h2-9H,10H2,1H3/b24-11+. The van der Waals surface area contributed by atoms with Crippen LogP contribution in [0.2, 0.25) is 0 Å². The summed E-state index contributed by atoms with van der Waals surface area (Å²) in [5.41, 5.74) is -2.42. The maximum absolute atomic E-state index is 12.8. The predicted octanol–water partition coefficient (Wildman–Crippen LogP) is 5.67. The van der Waals surface area contributed by atoms with Gasteiger partial charge in [0.2, 0.25) is 0 Å². The van der Waals surface area contributed by atoms with Crippen LogP contribution < -0.4 is 0 Å². The van der Waals surface area contributed by atoms with Crippen LogP contribution in [0.15, 0.2) is 53.7 Å². The molecule has 0 heterocycles. The summed E-state index contributed by atoms with van der Waals surface area (Å²) in [6.07, 6.45) is -9.80. The zero-order valence-corrected chi connectivity index (χ0v) is 12.9. The van der Waals surface area contributed by atoms with Crippen LogP contribution >= 0.6 is 0 Å². The molecule has 0 atom stereocenters. The molecule has 0 aliphatic carbocycles. The average Bonchev–Trinajstić information content (AvgIpc) is 2.53. The lowest BCUT2D eigenvalue weighted by molar-refractivity contribution is -0.143. The smallest absolute Gasteiger partial charge is 0.391 e. The molecular formula is C17H13F6NO. The van der Waals surface area contributed by atoms with Crippen molar-refractivity contribution in [3.63, 3.8) is 0 Å². The first kappa shape index (κ1) is 18.8. The molecular weight excluding hydrogens is 348 g/mol. The number of halogens is 6. The second-order valence-electron chi connectivity index (χ2n) is 5.23. The third-order valence-electron chi connectivity index (χ3n) is 3.28. The third-order valence-corrected chi connectivity index (χ3v) is 3.28. The number of hydrogen-bond donors (Lipinski definition) is 0. The first-order valence-electron chi connectivity index (χ1n) is 7.08. The molecule has 0 unspecified atom stereocenters. The Balaban J connectivity index is 2.28. The Morgan fingerprint density at radius 2 is 1.40 bits per heavy atom. The van der Waals surface area contributed by atoms with Gasteiger partial charge in [-0.2, -0.15) is 26.3 Å². The Morgan fingerprint density at radius 1 is 0.880 bits per heavy atom. The van der Waals surface area contributed by atoms with Crippen molar-refractivity contribution in [2.45, 2.75) is 25.9 Å². The van der Waals surface area contributed by atoms with Crippen LogP contribution in [0, 0.1) is 0 Å². The van der Waals surface area contributed by atoms with Gasteiger partial charge in [0.25, 0.3) is 0 Å². The highest BCUT2D eigenvalue weighted by molar-refractivity contribution is 5.98. The largest absolute Gasteiger partial charge is 0.416 e. The lowest BCUT2D eigenvalue weighted by Gasteiger charge is -2.14. The van der Waals surface area contributed by atoms with E-state index in [-0.39, 0.29) is 23.9 Å². The van der Waals surface area contributed by atoms with E-state index < -0.39 is 23.5 Å². The van der Waals surface area contributed by atoms with Crippen LogP contribution in [0.25, 0.3) is 0 Å². The van der Waals surface area contributed by atoms with Crippen LogP contribution in [-0.2, 0) is 23.8 Å². The van der Waals surface area contributed by atoms with Gasteiger partial charge in [0.05, 0.1) is 16.8 Å². The monoisotopic (exact) mass is 361 g/mol. The second kappa shape index (κ2) is 7.16. The first-order valence-corrected chi connectivity index (χ1v) is 7.08. The van der Waals surface area contributed by atoms with Gasteiger partial charge in [-0.1, -0.05) is 35.5 Å². The van der Waals surface area contributed by atoms with Crippen molar-refractivity contribution in [1.29, 1.82) is 0 Å². The van der Waals surface area contributed by atoms with E-state index in [9.17, 15) is 26.3 Å². The molecule has 0 amide bonds. The number of benzene rings is 2. The summed E-state index contributed by atoms with van der Waals surface area (Å²) >= 11 is 0. The summed E-state index contributed by atoms with van der Waals surface area (Å²) in [6.45, 7) is 1.32. The molecule has 0 radical (unpaired) electrons. The normalized spacial score (nSPS) is 13.0. The minimum atomic E-state index is -4.90. The van der Waals surface area contributed by atoms with E-state index >= 15 is 0 Å². The number of hydrogen-bond acceptors (Lipinski definition) is 2. The fourth-order valence-corrected chi connectivity index (χ4v) is 1.99. The van der Waals surface area contributed by atoms with Gasteiger partial charge in [-0.3, -0.25) is 0 Å². The van der Waals surface area contributed by atoms with Gasteiger partial charge in [0.1, 0.15) is 6.61 Å². The Morgan fingerprint density at radius 3 is 1.88 bits per heavy atom. The lowest BCUT2D eigenvalue weighted by Crippen LogP contribution is -2.13. The summed E-state index contributed by atoms with van der Waals surface area (Å²) in [6, 6.07) is 10.1. The van der Waals surface area contributed by atoms with E-state index in [1.165, 1.54) is 6.92 Å². The fourth-order valence-electron chi connectivity index (χ4n) is 1.99. The predicted molar refractivity (Wildman–Crippen MR) is 79.9 cm³/mol. The van der Waals surface area contributed by atoms with Gasteiger partial charge >= 0.3 is 12.4 Å². The molecule has 2 nitrogen and oxygen atoms in total. The van der Waals surface area contributed by atoms with E-state index in [1.54, 1.807) is 30.3 Å². The summed E-state index contributed by atoms with van der Waals surface area (Å²) in [7, 11) is 0. The van der Waals surface area contributed by atoms with E-state index in [0.29, 0.717) is 12.1 Å². The summed E-state index contributed by atoms with van der Waals surface area (Å²) in [5.74, 6) is 0. The molecule has 0 aliphatic rings. The zero-order chi connectivity index (χ0) is 18.7. The van der Waals surface area contributed by atoms with E-state index in [2.05, 4.69) is 5.16 Å². The highest BCUT2D eigenvalue weighted by atomic mass is 19.4. The number of rotatable bonds is 4. The molecule has 2 aromatic carbocycles. The van der Waals surface area contributed by atoms with Crippen molar-refractivity contribution in [3.8, 4) is 0 Å². The molecule has 2 rings (SSSR count). The summed E-state index contributed by atoms with van der Waals surface area (Å²) in [5, 5.41) is 3.62. The Hall–Kier alpha value is -2.51. The third kappa shape index (κ3) is 5.23. The maximum Gasteiger partial charge on any atom is 0.416 e. The van der Waals surface area contributed by atoms with Crippen LogP contribution in [0.4, 0.5) is 26.3 Å². The first-order chi connectivity index (χ1) is 11.6. The Kier molecular flexibility index (Phi) is 5.39. The molecule has 0 aromatic heterocycles. The molecule has 2 aromatic rings. The number of nitrogens with zero attached hydrogens (tertiary/aromatic N) is 1. The van der Waals surface area contributed by atoms with Gasteiger partial charge < -0.3 is 4.84 Å². The van der Waals surface area contributed by atoms with Crippen molar-refractivity contribution in [3.05, 3.63) is 70.8 Å². The number of oxime groups is 1. The topological polar surface area (TPSA) is 21.6 Å². The SMILES string of the molecule is C/C(=N\OCc1ccccc1)c1cc(C(F)(F)F)cc(C(F)(F)F)c1. The molecule has 25 heavy (non-hydrogen) atoms. The van der Waals surface area contributed by atoms with Gasteiger partial charge in [0, 0.05) is 5.56 Å². The molecule has 8 heteroatoms. The second-order valence-corrected chi connectivity index (χ2v) is 5.23. The van der Waals surface area contributed by atoms with E-state index in [4.69, 9.17) is 4.84 Å². The van der Waals surface area contributed by atoms with Crippen molar-refractivity contribution in [2.24, 2.45) is 5.16 Å². The van der Waals surface area contributed by atoms with Gasteiger partial charge in [-0.25, -0.2) is 0 Å². The highest BCUT2D eigenvalue weighted by Gasteiger charge is 2.37. The summed E-state index contributed by atoms with van der Waals surface area (Å²) < 4.78 is 77.0. The average molecular weight is 361 g/mol. The zero-order valence-electron chi connectivity index (χ0n) is 12.9. The molecule has 0 saturated heterocycles. The summed E-state index contributed by atoms with van der Waals surface area (Å²) in [4.78, 5) is 5.01. The van der Waals surface area contributed by atoms with Crippen LogP contribution in [0.5, 0.6) is 0 Å². The Labute approximate surface area is 139 Å². The quantitative estimate of drug-likeness (QED) is 0.391. The van der Waals surface area contributed by atoms with Crippen molar-refractivity contribution < 1.29 is 31.2 Å². The molecule has 0 saturated carbocycles. The lowest BCUT2D eigenvalue weighted by atomic mass is 10.0. The van der Waals surface area contributed by atoms with E-state index in [0.717, 1.165) is 5.56 Å². The molecule has 0 N–H and O–H groups in total. The maximum atomic E-state index is 12.8. The highest BCUT2D eigenvalue weighted by Crippen LogP contribution is 2.36. The van der Waals surface area contributed by atoms with Crippen molar-refractivity contribution >= 4 is 5.71 Å². The molecule has 0 bridgehead atoms. The molecule has 0 spiro atoms. The van der Waals surface area contributed by atoms with Crippen LogP contribution in [0.3, 0.4) is 0 Å². The molecule has 0 aliphatic heterocycles. The number of alkyl halides is 6. The minimum absolute atomic E-state index is 0.0449. The minimum Gasteiger partial charge on any atom is -0.391 e. The molecule has 134 valence electrons. The van der Waals surface area contributed by atoms with Gasteiger partial charge in [-0.15, -0.1) is 0 Å². The van der Waals surface area contributed by atoms with Crippen molar-refractivity contribution in [1.82, 2.24) is 0 Å². The van der Waals surface area contributed by atoms with Gasteiger partial charge in [0.15, 0.2) is 0 Å². The van der Waals surface area contributed by atoms with Crippen LogP contribution in [-0.4, -0.2) is 5.71 Å². The fraction of sp³-hybridized carbons (Fsp3) is 0.235. The Bertz CT molecular complexity index is 718. The van der Waals surface area contributed by atoms with E-state index in [1.807, 2.05) is 0 Å².